The molecule has 4 rings (SSSR count). The summed E-state index contributed by atoms with van der Waals surface area (Å²) in [6.45, 7) is 5.72. The number of carbonyl (C=O) groups is 1. The lowest BCUT2D eigenvalue weighted by atomic mass is 10.2. The molecule has 0 N–H and O–H groups in total. The van der Waals surface area contributed by atoms with Crippen molar-refractivity contribution in [2.45, 2.75) is 19.5 Å². The van der Waals surface area contributed by atoms with E-state index in [4.69, 9.17) is 0 Å². The number of para-hydroxylation sites is 1. The van der Waals surface area contributed by atoms with Gasteiger partial charge in [-0.1, -0.05) is 18.2 Å². The number of piperazine rings is 1. The minimum Gasteiger partial charge on any atom is -0.369 e. The van der Waals surface area contributed by atoms with Gasteiger partial charge in [-0.25, -0.2) is 9.07 Å². The highest BCUT2D eigenvalue weighted by atomic mass is 19.1. The second-order valence-corrected chi connectivity index (χ2v) is 8.00. The molecule has 2 heterocycles. The largest absolute Gasteiger partial charge is 0.369 e. The van der Waals surface area contributed by atoms with Gasteiger partial charge in [0.1, 0.15) is 5.82 Å². The van der Waals surface area contributed by atoms with Crippen molar-refractivity contribution in [3.63, 3.8) is 0 Å². The van der Waals surface area contributed by atoms with Crippen LogP contribution in [0.2, 0.25) is 0 Å². The molecule has 162 valence electrons. The molecule has 1 saturated heterocycles. The number of hydrogen-bond donors (Lipinski definition) is 0. The number of benzene rings is 2. The minimum absolute atomic E-state index is 0.0997. The van der Waals surface area contributed by atoms with Crippen molar-refractivity contribution in [1.29, 1.82) is 0 Å². The molecule has 1 unspecified atom stereocenters. The molecule has 1 aliphatic rings. The highest BCUT2D eigenvalue weighted by Gasteiger charge is 2.27. The van der Waals surface area contributed by atoms with Crippen LogP contribution in [0.5, 0.6) is 0 Å². The van der Waals surface area contributed by atoms with Gasteiger partial charge in [0.15, 0.2) is 0 Å². The molecule has 1 aromatic heterocycles. The standard InChI is InChI=1S/C24H28FN5O/c1-19(28-12-14-29(15-13-28)22-10-8-21(25)9-11-22)24(31)27(2)17-20-16-26-30(18-20)23-6-4-3-5-7-23/h3-11,16,18-19H,12-15,17H2,1-2H3. The molecule has 6 nitrogen and oxygen atoms in total. The Morgan fingerprint density at radius 2 is 1.71 bits per heavy atom. The van der Waals surface area contributed by atoms with Gasteiger partial charge in [-0.3, -0.25) is 9.69 Å². The van der Waals surface area contributed by atoms with Crippen molar-refractivity contribution >= 4 is 11.6 Å². The van der Waals surface area contributed by atoms with E-state index in [1.807, 2.05) is 73.5 Å². The summed E-state index contributed by atoms with van der Waals surface area (Å²) in [5.41, 5.74) is 3.01. The van der Waals surface area contributed by atoms with E-state index in [0.29, 0.717) is 6.54 Å². The summed E-state index contributed by atoms with van der Waals surface area (Å²) in [6.07, 6.45) is 3.77. The zero-order chi connectivity index (χ0) is 21.8. The summed E-state index contributed by atoms with van der Waals surface area (Å²) in [4.78, 5) is 19.2. The van der Waals surface area contributed by atoms with Gasteiger partial charge in [0, 0.05) is 57.2 Å². The van der Waals surface area contributed by atoms with Crippen LogP contribution in [0.4, 0.5) is 10.1 Å². The van der Waals surface area contributed by atoms with Crippen LogP contribution in [0.3, 0.4) is 0 Å². The molecule has 2 aromatic carbocycles. The number of carbonyl (C=O) groups excluding carboxylic acids is 1. The smallest absolute Gasteiger partial charge is 0.239 e. The maximum atomic E-state index is 13.2. The van der Waals surface area contributed by atoms with Crippen LogP contribution in [0.1, 0.15) is 12.5 Å². The zero-order valence-electron chi connectivity index (χ0n) is 18.0. The molecule has 0 saturated carbocycles. The first-order valence-corrected chi connectivity index (χ1v) is 10.6. The average molecular weight is 422 g/mol. The van der Waals surface area contributed by atoms with Gasteiger partial charge >= 0.3 is 0 Å². The number of hydrogen-bond acceptors (Lipinski definition) is 4. The third-order valence-electron chi connectivity index (χ3n) is 5.86. The number of nitrogens with zero attached hydrogens (tertiary/aromatic N) is 5. The third kappa shape index (κ3) is 4.94. The predicted molar refractivity (Wildman–Crippen MR) is 120 cm³/mol. The van der Waals surface area contributed by atoms with Gasteiger partial charge in [-0.05, 0) is 43.3 Å². The monoisotopic (exact) mass is 421 g/mol. The van der Waals surface area contributed by atoms with Crippen LogP contribution in [0.15, 0.2) is 67.0 Å². The number of amides is 1. The van der Waals surface area contributed by atoms with Crippen molar-refractivity contribution in [1.82, 2.24) is 19.6 Å². The summed E-state index contributed by atoms with van der Waals surface area (Å²) in [5, 5.41) is 4.42. The van der Waals surface area contributed by atoms with Crippen molar-refractivity contribution in [3.8, 4) is 5.69 Å². The highest BCUT2D eigenvalue weighted by Crippen LogP contribution is 2.18. The van der Waals surface area contributed by atoms with E-state index >= 15 is 0 Å². The van der Waals surface area contributed by atoms with E-state index in [2.05, 4.69) is 14.9 Å². The quantitative estimate of drug-likeness (QED) is 0.613. The topological polar surface area (TPSA) is 44.6 Å². The first-order chi connectivity index (χ1) is 15.0. The molecule has 0 spiro atoms. The van der Waals surface area contributed by atoms with Gasteiger partial charge < -0.3 is 9.80 Å². The number of likely N-dealkylation sites (N-methyl/N-ethyl adjacent to an activating group) is 1. The number of aromatic nitrogens is 2. The summed E-state index contributed by atoms with van der Waals surface area (Å²) in [5.74, 6) is -0.123. The first kappa shape index (κ1) is 21.1. The summed E-state index contributed by atoms with van der Waals surface area (Å²) in [7, 11) is 1.84. The molecule has 3 aromatic rings. The lowest BCUT2D eigenvalue weighted by molar-refractivity contribution is -0.135. The van der Waals surface area contributed by atoms with Crippen LogP contribution in [0.25, 0.3) is 5.69 Å². The van der Waals surface area contributed by atoms with Crippen molar-refractivity contribution in [3.05, 3.63) is 78.4 Å². The molecule has 1 atom stereocenters. The van der Waals surface area contributed by atoms with Gasteiger partial charge in [-0.15, -0.1) is 0 Å². The molecule has 7 heteroatoms. The Labute approximate surface area is 182 Å². The van der Waals surface area contributed by atoms with Crippen molar-refractivity contribution in [2.75, 3.05) is 38.1 Å². The van der Waals surface area contributed by atoms with Crippen LogP contribution in [-0.4, -0.2) is 64.8 Å². The Kier molecular flexibility index (Phi) is 6.32. The van der Waals surface area contributed by atoms with E-state index < -0.39 is 0 Å². The molecule has 1 amide bonds. The summed E-state index contributed by atoms with van der Waals surface area (Å²) < 4.78 is 15.0. The van der Waals surface area contributed by atoms with Gasteiger partial charge in [0.2, 0.25) is 5.91 Å². The Hall–Kier alpha value is -3.19. The lowest BCUT2D eigenvalue weighted by Crippen LogP contribution is -2.54. The number of anilines is 1. The lowest BCUT2D eigenvalue weighted by Gasteiger charge is -2.39. The van der Waals surface area contributed by atoms with Gasteiger partial charge in [0.05, 0.1) is 17.9 Å². The second-order valence-electron chi connectivity index (χ2n) is 8.00. The van der Waals surface area contributed by atoms with Gasteiger partial charge in [0.25, 0.3) is 0 Å². The average Bonchev–Trinajstić information content (AvgIpc) is 3.28. The zero-order valence-corrected chi connectivity index (χ0v) is 18.0. The van der Waals surface area contributed by atoms with Crippen molar-refractivity contribution < 1.29 is 9.18 Å². The maximum absolute atomic E-state index is 13.2. The molecule has 1 aliphatic heterocycles. The van der Waals surface area contributed by atoms with E-state index in [0.717, 1.165) is 43.1 Å². The molecule has 0 aliphatic carbocycles. The second kappa shape index (κ2) is 9.31. The fourth-order valence-electron chi connectivity index (χ4n) is 4.01. The SMILES string of the molecule is CC(C(=O)N(C)Cc1cnn(-c2ccccc2)c1)N1CCN(c2ccc(F)cc2)CC1. The van der Waals surface area contributed by atoms with E-state index in [-0.39, 0.29) is 17.8 Å². The van der Waals surface area contributed by atoms with Gasteiger partial charge in [-0.2, -0.15) is 5.10 Å². The first-order valence-electron chi connectivity index (χ1n) is 10.6. The van der Waals surface area contributed by atoms with Crippen LogP contribution >= 0.6 is 0 Å². The van der Waals surface area contributed by atoms with E-state index in [9.17, 15) is 9.18 Å². The number of halogens is 1. The van der Waals surface area contributed by atoms with Crippen LogP contribution in [-0.2, 0) is 11.3 Å². The number of rotatable bonds is 6. The minimum atomic E-state index is -0.223. The predicted octanol–water partition coefficient (Wildman–Crippen LogP) is 3.18. The van der Waals surface area contributed by atoms with Crippen molar-refractivity contribution in [2.24, 2.45) is 0 Å². The van der Waals surface area contributed by atoms with E-state index in [1.165, 1.54) is 12.1 Å². The molecule has 31 heavy (non-hydrogen) atoms. The van der Waals surface area contributed by atoms with Crippen LogP contribution in [0, 0.1) is 5.82 Å². The Morgan fingerprint density at radius 3 is 2.39 bits per heavy atom. The fourth-order valence-corrected chi connectivity index (χ4v) is 4.01. The Morgan fingerprint density at radius 1 is 1.03 bits per heavy atom. The molecule has 1 fully saturated rings. The maximum Gasteiger partial charge on any atom is 0.239 e. The normalized spacial score (nSPS) is 15.6. The summed E-state index contributed by atoms with van der Waals surface area (Å²) >= 11 is 0. The Bertz CT molecular complexity index is 996. The highest BCUT2D eigenvalue weighted by molar-refractivity contribution is 5.81. The van der Waals surface area contributed by atoms with E-state index in [1.54, 1.807) is 4.90 Å². The molecular weight excluding hydrogens is 393 g/mol. The third-order valence-corrected chi connectivity index (χ3v) is 5.86. The molecule has 0 radical (unpaired) electrons. The molecule has 0 bridgehead atoms. The Balaban J connectivity index is 1.31. The van der Waals surface area contributed by atoms with Crippen LogP contribution < -0.4 is 4.90 Å². The fraction of sp³-hybridized carbons (Fsp3) is 0.333. The molecular formula is C24H28FN5O. The summed E-state index contributed by atoms with van der Waals surface area (Å²) in [6, 6.07) is 16.3.